The molecule has 1 aromatic heterocycles. The van der Waals surface area contributed by atoms with Gasteiger partial charge in [-0.25, -0.2) is 9.98 Å². The Morgan fingerprint density at radius 2 is 1.55 bits per heavy atom. The fourth-order valence-electron chi connectivity index (χ4n) is 4.61. The highest BCUT2D eigenvalue weighted by Gasteiger charge is 2.40. The molecule has 3 heteroatoms. The van der Waals surface area contributed by atoms with Gasteiger partial charge in [0.1, 0.15) is 0 Å². The minimum absolute atomic E-state index is 0.408. The summed E-state index contributed by atoms with van der Waals surface area (Å²) in [5.41, 5.74) is 5.98. The van der Waals surface area contributed by atoms with Gasteiger partial charge in [-0.3, -0.25) is 0 Å². The Morgan fingerprint density at radius 3 is 2.29 bits per heavy atom. The summed E-state index contributed by atoms with van der Waals surface area (Å²) in [5.74, 6) is 0.727. The lowest BCUT2D eigenvalue weighted by Gasteiger charge is -2.29. The first-order valence-corrected chi connectivity index (χ1v) is 11.0. The van der Waals surface area contributed by atoms with Crippen LogP contribution in [0.25, 0.3) is 22.2 Å². The van der Waals surface area contributed by atoms with E-state index in [4.69, 9.17) is 14.7 Å². The molecule has 0 aliphatic carbocycles. The number of fused-ring (bicyclic) bond motifs is 1. The summed E-state index contributed by atoms with van der Waals surface area (Å²) in [6, 6.07) is 29.1. The predicted molar refractivity (Wildman–Crippen MR) is 127 cm³/mol. The molecule has 154 valence electrons. The molecule has 1 unspecified atom stereocenters. The monoisotopic (exact) mass is 406 g/mol. The van der Waals surface area contributed by atoms with Crippen molar-refractivity contribution in [3.63, 3.8) is 0 Å². The van der Waals surface area contributed by atoms with Gasteiger partial charge in [0.25, 0.3) is 0 Å². The van der Waals surface area contributed by atoms with Crippen molar-refractivity contribution in [1.29, 1.82) is 0 Å². The summed E-state index contributed by atoms with van der Waals surface area (Å²) >= 11 is 0. The number of hydrogen-bond acceptors (Lipinski definition) is 3. The van der Waals surface area contributed by atoms with Crippen molar-refractivity contribution in [3.05, 3.63) is 102 Å². The number of aromatic nitrogens is 1. The van der Waals surface area contributed by atoms with E-state index in [0.717, 1.165) is 52.0 Å². The molecule has 0 radical (unpaired) electrons. The lowest BCUT2D eigenvalue weighted by molar-refractivity contribution is 0.0753. The van der Waals surface area contributed by atoms with Crippen molar-refractivity contribution in [2.24, 2.45) is 4.99 Å². The molecule has 0 saturated carbocycles. The van der Waals surface area contributed by atoms with Crippen LogP contribution in [0.15, 0.2) is 89.9 Å². The standard InChI is InChI=1S/C28H26N2O/c1-3-18-28(22-14-8-5-9-15-22)19-29-27(31-28)25-20(2)26(21-12-6-4-7-13-21)30-24-17-11-10-16-23(24)25/h4-17H,3,18-19H2,1-2H3. The molecule has 1 aliphatic rings. The van der Waals surface area contributed by atoms with E-state index in [0.29, 0.717) is 6.54 Å². The third-order valence-electron chi connectivity index (χ3n) is 6.12. The van der Waals surface area contributed by atoms with Crippen LogP contribution in [0.1, 0.15) is 36.5 Å². The van der Waals surface area contributed by atoms with E-state index in [2.05, 4.69) is 80.6 Å². The van der Waals surface area contributed by atoms with Crippen molar-refractivity contribution < 1.29 is 4.74 Å². The van der Waals surface area contributed by atoms with Crippen LogP contribution in [-0.2, 0) is 10.3 Å². The van der Waals surface area contributed by atoms with Crippen LogP contribution in [0.5, 0.6) is 0 Å². The average Bonchev–Trinajstić information content (AvgIpc) is 3.25. The zero-order valence-electron chi connectivity index (χ0n) is 18.0. The van der Waals surface area contributed by atoms with E-state index >= 15 is 0 Å². The second kappa shape index (κ2) is 7.99. The van der Waals surface area contributed by atoms with Gasteiger partial charge in [0.2, 0.25) is 5.90 Å². The second-order valence-corrected chi connectivity index (χ2v) is 8.18. The Hall–Kier alpha value is -3.46. The van der Waals surface area contributed by atoms with Crippen LogP contribution in [0.3, 0.4) is 0 Å². The van der Waals surface area contributed by atoms with Gasteiger partial charge < -0.3 is 4.74 Å². The molecule has 4 aromatic rings. The molecule has 1 aliphatic heterocycles. The molecule has 31 heavy (non-hydrogen) atoms. The Bertz CT molecular complexity index is 1250. The van der Waals surface area contributed by atoms with Crippen molar-refractivity contribution in [2.45, 2.75) is 32.3 Å². The molecule has 2 heterocycles. The topological polar surface area (TPSA) is 34.5 Å². The Balaban J connectivity index is 1.66. The largest absolute Gasteiger partial charge is 0.464 e. The SMILES string of the molecule is CCCC1(c2ccccc2)CN=C(c2c(C)c(-c3ccccc3)nc3ccccc23)O1. The fraction of sp³-hybridized carbons (Fsp3) is 0.214. The third kappa shape index (κ3) is 3.40. The molecule has 0 amide bonds. The fourth-order valence-corrected chi connectivity index (χ4v) is 4.61. The molecule has 5 rings (SSSR count). The maximum atomic E-state index is 6.76. The molecular weight excluding hydrogens is 380 g/mol. The number of ether oxygens (including phenoxy) is 1. The third-order valence-corrected chi connectivity index (χ3v) is 6.12. The van der Waals surface area contributed by atoms with E-state index in [1.54, 1.807) is 0 Å². The summed E-state index contributed by atoms with van der Waals surface area (Å²) < 4.78 is 6.76. The van der Waals surface area contributed by atoms with Crippen molar-refractivity contribution >= 4 is 16.8 Å². The van der Waals surface area contributed by atoms with Crippen LogP contribution >= 0.6 is 0 Å². The zero-order valence-corrected chi connectivity index (χ0v) is 18.0. The quantitative estimate of drug-likeness (QED) is 0.370. The van der Waals surface area contributed by atoms with Gasteiger partial charge in [-0.15, -0.1) is 0 Å². The number of hydrogen-bond donors (Lipinski definition) is 0. The van der Waals surface area contributed by atoms with Crippen molar-refractivity contribution in [1.82, 2.24) is 4.98 Å². The van der Waals surface area contributed by atoms with Gasteiger partial charge in [0, 0.05) is 10.9 Å². The highest BCUT2D eigenvalue weighted by Crippen LogP contribution is 2.39. The van der Waals surface area contributed by atoms with Gasteiger partial charge >= 0.3 is 0 Å². The molecular formula is C28H26N2O. The summed E-state index contributed by atoms with van der Waals surface area (Å²) in [7, 11) is 0. The number of benzene rings is 3. The van der Waals surface area contributed by atoms with E-state index in [1.807, 2.05) is 18.2 Å². The first-order chi connectivity index (χ1) is 15.2. The molecule has 0 saturated heterocycles. The van der Waals surface area contributed by atoms with Crippen molar-refractivity contribution in [3.8, 4) is 11.3 Å². The van der Waals surface area contributed by atoms with Crippen LogP contribution in [0.2, 0.25) is 0 Å². The molecule has 0 fully saturated rings. The smallest absolute Gasteiger partial charge is 0.218 e. The lowest BCUT2D eigenvalue weighted by Crippen LogP contribution is -2.30. The molecule has 1 atom stereocenters. The summed E-state index contributed by atoms with van der Waals surface area (Å²) in [4.78, 5) is 9.96. The number of para-hydroxylation sites is 1. The molecule has 0 bridgehead atoms. The minimum atomic E-state index is -0.408. The Labute approximate surface area is 183 Å². The number of aliphatic imine (C=N–C) groups is 1. The van der Waals surface area contributed by atoms with Gasteiger partial charge in [-0.1, -0.05) is 92.2 Å². The van der Waals surface area contributed by atoms with E-state index in [9.17, 15) is 0 Å². The average molecular weight is 407 g/mol. The van der Waals surface area contributed by atoms with E-state index in [1.165, 1.54) is 5.56 Å². The number of rotatable bonds is 5. The molecule has 0 N–H and O–H groups in total. The van der Waals surface area contributed by atoms with E-state index < -0.39 is 5.60 Å². The maximum Gasteiger partial charge on any atom is 0.218 e. The summed E-state index contributed by atoms with van der Waals surface area (Å²) in [6.07, 6.45) is 1.96. The minimum Gasteiger partial charge on any atom is -0.464 e. The summed E-state index contributed by atoms with van der Waals surface area (Å²) in [6.45, 7) is 4.97. The van der Waals surface area contributed by atoms with Gasteiger partial charge in [-0.2, -0.15) is 0 Å². The van der Waals surface area contributed by atoms with Crippen molar-refractivity contribution in [2.75, 3.05) is 6.54 Å². The van der Waals surface area contributed by atoms with Crippen LogP contribution in [0.4, 0.5) is 0 Å². The van der Waals surface area contributed by atoms with Crippen LogP contribution in [0, 0.1) is 6.92 Å². The highest BCUT2D eigenvalue weighted by molar-refractivity contribution is 6.09. The molecule has 0 spiro atoms. The number of nitrogens with zero attached hydrogens (tertiary/aromatic N) is 2. The molecule has 3 aromatic carbocycles. The number of pyridine rings is 1. The van der Waals surface area contributed by atoms with Crippen LogP contribution in [-0.4, -0.2) is 17.4 Å². The highest BCUT2D eigenvalue weighted by atomic mass is 16.5. The Kier molecular flexibility index (Phi) is 5.03. The maximum absolute atomic E-state index is 6.76. The summed E-state index contributed by atoms with van der Waals surface area (Å²) in [5, 5.41) is 1.08. The predicted octanol–water partition coefficient (Wildman–Crippen LogP) is 6.68. The molecule has 3 nitrogen and oxygen atoms in total. The normalized spacial score (nSPS) is 18.1. The van der Waals surface area contributed by atoms with Gasteiger partial charge in [-0.05, 0) is 30.5 Å². The first-order valence-electron chi connectivity index (χ1n) is 11.0. The van der Waals surface area contributed by atoms with Gasteiger partial charge in [0.15, 0.2) is 5.60 Å². The van der Waals surface area contributed by atoms with Crippen LogP contribution < -0.4 is 0 Å². The van der Waals surface area contributed by atoms with Gasteiger partial charge in [0.05, 0.1) is 23.3 Å². The lowest BCUT2D eigenvalue weighted by atomic mass is 9.89. The van der Waals surface area contributed by atoms with E-state index in [-0.39, 0.29) is 0 Å². The zero-order chi connectivity index (χ0) is 21.3. The Morgan fingerprint density at radius 1 is 0.871 bits per heavy atom. The first kappa shape index (κ1) is 19.5. The second-order valence-electron chi connectivity index (χ2n) is 8.18.